The molecule has 5 nitrogen and oxygen atoms in total. The first kappa shape index (κ1) is 18.5. The molecule has 0 amide bonds. The third-order valence-electron chi connectivity index (χ3n) is 5.09. The summed E-state index contributed by atoms with van der Waals surface area (Å²) < 4.78 is 26.6. The molecule has 0 aliphatic carbocycles. The van der Waals surface area contributed by atoms with Gasteiger partial charge in [-0.2, -0.15) is 5.10 Å². The number of hydrogen-bond acceptors (Lipinski definition) is 4. The van der Waals surface area contributed by atoms with E-state index in [1.54, 1.807) is 20.3 Å². The molecule has 4 rings (SSSR count). The number of aryl methyl sites for hydroxylation is 1. The Hall–Kier alpha value is -2.86. The standard InChI is InChI=1S/C22H24FN3O2/c1-27-21-9-4-7-17(22(21)28-2)14-25-10-5-11-26-19(15-25)13-20(24-26)16-6-3-8-18(23)12-16/h3-4,6-9,12-13H,5,10-11,14-15H2,1-2H3. The van der Waals surface area contributed by atoms with Crippen molar-refractivity contribution in [3.63, 3.8) is 0 Å². The van der Waals surface area contributed by atoms with E-state index in [1.807, 2.05) is 22.9 Å². The van der Waals surface area contributed by atoms with Crippen LogP contribution in [-0.2, 0) is 19.6 Å². The number of halogens is 1. The first-order valence-corrected chi connectivity index (χ1v) is 9.43. The highest BCUT2D eigenvalue weighted by atomic mass is 19.1. The van der Waals surface area contributed by atoms with Crippen LogP contribution in [0.3, 0.4) is 0 Å². The SMILES string of the molecule is COc1cccc(CN2CCCn3nc(-c4cccc(F)c4)cc3C2)c1OC. The molecule has 1 aliphatic rings. The average molecular weight is 381 g/mol. The quantitative estimate of drug-likeness (QED) is 0.667. The van der Waals surface area contributed by atoms with Gasteiger partial charge in [0, 0.05) is 37.3 Å². The summed E-state index contributed by atoms with van der Waals surface area (Å²) in [6, 6.07) is 14.6. The predicted molar refractivity (Wildman–Crippen MR) is 106 cm³/mol. The summed E-state index contributed by atoms with van der Waals surface area (Å²) in [7, 11) is 3.32. The molecule has 0 fully saturated rings. The van der Waals surface area contributed by atoms with Crippen LogP contribution in [0.25, 0.3) is 11.3 Å². The van der Waals surface area contributed by atoms with Gasteiger partial charge in [0.15, 0.2) is 11.5 Å². The van der Waals surface area contributed by atoms with E-state index < -0.39 is 0 Å². The molecule has 1 aromatic heterocycles. The number of ether oxygens (including phenoxy) is 2. The number of methoxy groups -OCH3 is 2. The van der Waals surface area contributed by atoms with Gasteiger partial charge in [-0.05, 0) is 30.7 Å². The Morgan fingerprint density at radius 2 is 1.89 bits per heavy atom. The first-order chi connectivity index (χ1) is 13.7. The monoisotopic (exact) mass is 381 g/mol. The maximum absolute atomic E-state index is 13.6. The van der Waals surface area contributed by atoms with Gasteiger partial charge in [0.25, 0.3) is 0 Å². The third-order valence-corrected chi connectivity index (χ3v) is 5.09. The minimum absolute atomic E-state index is 0.243. The summed E-state index contributed by atoms with van der Waals surface area (Å²) in [5.74, 6) is 1.28. The summed E-state index contributed by atoms with van der Waals surface area (Å²) >= 11 is 0. The van der Waals surface area contributed by atoms with E-state index in [2.05, 4.69) is 17.0 Å². The van der Waals surface area contributed by atoms with Gasteiger partial charge in [-0.1, -0.05) is 24.3 Å². The molecule has 0 bridgehead atoms. The Morgan fingerprint density at radius 3 is 2.68 bits per heavy atom. The number of fused-ring (bicyclic) bond motifs is 1. The summed E-state index contributed by atoms with van der Waals surface area (Å²) in [5.41, 5.74) is 3.86. The normalized spacial score (nSPS) is 14.4. The molecule has 2 aromatic carbocycles. The zero-order chi connectivity index (χ0) is 19.5. The maximum atomic E-state index is 13.6. The molecule has 28 heavy (non-hydrogen) atoms. The Bertz CT molecular complexity index is 970. The van der Waals surface area contributed by atoms with Gasteiger partial charge in [-0.3, -0.25) is 9.58 Å². The van der Waals surface area contributed by atoms with Gasteiger partial charge in [-0.25, -0.2) is 4.39 Å². The van der Waals surface area contributed by atoms with Crippen LogP contribution in [0.5, 0.6) is 11.5 Å². The van der Waals surface area contributed by atoms with Crippen molar-refractivity contribution in [2.45, 2.75) is 26.1 Å². The minimum Gasteiger partial charge on any atom is -0.493 e. The lowest BCUT2D eigenvalue weighted by Crippen LogP contribution is -2.23. The summed E-state index contributed by atoms with van der Waals surface area (Å²) in [5, 5.41) is 4.70. The van der Waals surface area contributed by atoms with E-state index in [0.717, 1.165) is 66.6 Å². The van der Waals surface area contributed by atoms with Crippen LogP contribution in [0.2, 0.25) is 0 Å². The maximum Gasteiger partial charge on any atom is 0.165 e. The third kappa shape index (κ3) is 3.73. The predicted octanol–water partition coefficient (Wildman–Crippen LogP) is 4.11. The molecule has 0 atom stereocenters. The van der Waals surface area contributed by atoms with Crippen LogP contribution in [-0.4, -0.2) is 35.4 Å². The van der Waals surface area contributed by atoms with Crippen molar-refractivity contribution in [1.82, 2.24) is 14.7 Å². The molecular weight excluding hydrogens is 357 g/mol. The summed E-state index contributed by atoms with van der Waals surface area (Å²) in [6.45, 7) is 3.37. The van der Waals surface area contributed by atoms with Gasteiger partial charge in [0.05, 0.1) is 25.6 Å². The van der Waals surface area contributed by atoms with Gasteiger partial charge in [-0.15, -0.1) is 0 Å². The molecule has 0 unspecified atom stereocenters. The number of rotatable bonds is 5. The van der Waals surface area contributed by atoms with Crippen LogP contribution in [0.15, 0.2) is 48.5 Å². The van der Waals surface area contributed by atoms with Crippen molar-refractivity contribution >= 4 is 0 Å². The fourth-order valence-corrected chi connectivity index (χ4v) is 3.77. The number of nitrogens with zero attached hydrogens (tertiary/aromatic N) is 3. The molecule has 1 aliphatic heterocycles. The summed E-state index contributed by atoms with van der Waals surface area (Å²) in [6.07, 6.45) is 1.00. The molecule has 6 heteroatoms. The number of para-hydroxylation sites is 1. The fourth-order valence-electron chi connectivity index (χ4n) is 3.77. The Labute approximate surface area is 164 Å². The lowest BCUT2D eigenvalue weighted by molar-refractivity contribution is 0.254. The molecule has 2 heterocycles. The van der Waals surface area contributed by atoms with Crippen LogP contribution < -0.4 is 9.47 Å². The lowest BCUT2D eigenvalue weighted by Gasteiger charge is -2.21. The molecule has 3 aromatic rings. The number of benzene rings is 2. The second-order valence-electron chi connectivity index (χ2n) is 6.97. The van der Waals surface area contributed by atoms with E-state index in [0.29, 0.717) is 0 Å². The van der Waals surface area contributed by atoms with Crippen LogP contribution in [0.4, 0.5) is 4.39 Å². The molecule has 146 valence electrons. The molecule has 0 saturated heterocycles. The average Bonchev–Trinajstić information content (AvgIpc) is 3.01. The lowest BCUT2D eigenvalue weighted by atomic mass is 10.1. The van der Waals surface area contributed by atoms with E-state index in [4.69, 9.17) is 14.6 Å². The highest BCUT2D eigenvalue weighted by Crippen LogP contribution is 2.32. The van der Waals surface area contributed by atoms with Crippen LogP contribution in [0.1, 0.15) is 17.7 Å². The van der Waals surface area contributed by atoms with E-state index in [9.17, 15) is 4.39 Å². The Balaban J connectivity index is 1.57. The molecule has 0 saturated carbocycles. The van der Waals surface area contributed by atoms with E-state index in [-0.39, 0.29) is 5.82 Å². The van der Waals surface area contributed by atoms with Crippen LogP contribution >= 0.6 is 0 Å². The second kappa shape index (κ2) is 8.02. The van der Waals surface area contributed by atoms with Crippen molar-refractivity contribution in [1.29, 1.82) is 0 Å². The van der Waals surface area contributed by atoms with Gasteiger partial charge in [0.1, 0.15) is 5.82 Å². The largest absolute Gasteiger partial charge is 0.493 e. The Morgan fingerprint density at radius 1 is 1.04 bits per heavy atom. The van der Waals surface area contributed by atoms with Crippen molar-refractivity contribution in [2.75, 3.05) is 20.8 Å². The zero-order valence-electron chi connectivity index (χ0n) is 16.2. The number of aromatic nitrogens is 2. The molecular formula is C22H24FN3O2. The highest BCUT2D eigenvalue weighted by molar-refractivity contribution is 5.59. The smallest absolute Gasteiger partial charge is 0.165 e. The van der Waals surface area contributed by atoms with E-state index in [1.165, 1.54) is 12.1 Å². The van der Waals surface area contributed by atoms with Crippen molar-refractivity contribution < 1.29 is 13.9 Å². The van der Waals surface area contributed by atoms with Gasteiger partial charge < -0.3 is 9.47 Å². The summed E-state index contributed by atoms with van der Waals surface area (Å²) in [4.78, 5) is 2.38. The zero-order valence-corrected chi connectivity index (χ0v) is 16.2. The molecule has 0 spiro atoms. The topological polar surface area (TPSA) is 39.5 Å². The molecule has 0 N–H and O–H groups in total. The van der Waals surface area contributed by atoms with Crippen molar-refractivity contribution in [2.24, 2.45) is 0 Å². The minimum atomic E-state index is -0.243. The van der Waals surface area contributed by atoms with Crippen molar-refractivity contribution in [3.05, 3.63) is 65.6 Å². The first-order valence-electron chi connectivity index (χ1n) is 9.43. The highest BCUT2D eigenvalue weighted by Gasteiger charge is 2.19. The van der Waals surface area contributed by atoms with Crippen molar-refractivity contribution in [3.8, 4) is 22.8 Å². The Kier molecular flexibility index (Phi) is 5.30. The van der Waals surface area contributed by atoms with Gasteiger partial charge in [0.2, 0.25) is 0 Å². The van der Waals surface area contributed by atoms with E-state index >= 15 is 0 Å². The van der Waals surface area contributed by atoms with Crippen LogP contribution in [0, 0.1) is 5.82 Å². The van der Waals surface area contributed by atoms with Gasteiger partial charge >= 0.3 is 0 Å². The fraction of sp³-hybridized carbons (Fsp3) is 0.318. The number of hydrogen-bond donors (Lipinski definition) is 0. The second-order valence-corrected chi connectivity index (χ2v) is 6.97. The molecule has 0 radical (unpaired) electrons.